The van der Waals surface area contributed by atoms with E-state index in [1.54, 1.807) is 12.1 Å². The van der Waals surface area contributed by atoms with Crippen molar-refractivity contribution in [1.82, 2.24) is 14.3 Å². The standard InChI is InChI=1S/C19H20FN3OS/c1-13-6-8-22(9-7-13)18(24)10-16-12-25-19-21-17(11-23(16)19)14-2-4-15(20)5-3-14/h2-5,11-13H,6-10H2,1H3. The first-order valence-electron chi connectivity index (χ1n) is 8.59. The van der Waals surface area contributed by atoms with Crippen LogP contribution in [0, 0.1) is 11.7 Å². The summed E-state index contributed by atoms with van der Waals surface area (Å²) in [6.07, 6.45) is 4.50. The molecule has 1 aliphatic heterocycles. The molecule has 3 heterocycles. The van der Waals surface area contributed by atoms with Gasteiger partial charge in [-0.05, 0) is 43.0 Å². The van der Waals surface area contributed by atoms with Crippen molar-refractivity contribution in [3.8, 4) is 11.3 Å². The van der Waals surface area contributed by atoms with E-state index >= 15 is 0 Å². The molecule has 1 amide bonds. The van der Waals surface area contributed by atoms with Crippen molar-refractivity contribution in [2.24, 2.45) is 5.92 Å². The van der Waals surface area contributed by atoms with Crippen LogP contribution in [-0.4, -0.2) is 33.3 Å². The summed E-state index contributed by atoms with van der Waals surface area (Å²) in [7, 11) is 0. The molecule has 1 fully saturated rings. The van der Waals surface area contributed by atoms with E-state index in [4.69, 9.17) is 0 Å². The highest BCUT2D eigenvalue weighted by atomic mass is 32.1. The second kappa shape index (κ2) is 6.59. The van der Waals surface area contributed by atoms with Crippen LogP contribution < -0.4 is 0 Å². The van der Waals surface area contributed by atoms with Gasteiger partial charge in [0.05, 0.1) is 12.1 Å². The monoisotopic (exact) mass is 357 g/mol. The lowest BCUT2D eigenvalue weighted by atomic mass is 9.99. The molecule has 0 radical (unpaired) electrons. The molecule has 130 valence electrons. The van der Waals surface area contributed by atoms with Crippen molar-refractivity contribution >= 4 is 22.2 Å². The van der Waals surface area contributed by atoms with Crippen molar-refractivity contribution in [2.45, 2.75) is 26.2 Å². The molecule has 1 aromatic carbocycles. The van der Waals surface area contributed by atoms with Crippen molar-refractivity contribution in [3.63, 3.8) is 0 Å². The fraction of sp³-hybridized carbons (Fsp3) is 0.368. The maximum absolute atomic E-state index is 13.1. The highest BCUT2D eigenvalue weighted by molar-refractivity contribution is 7.15. The third kappa shape index (κ3) is 3.31. The number of halogens is 1. The molecule has 2 aromatic heterocycles. The summed E-state index contributed by atoms with van der Waals surface area (Å²) >= 11 is 1.53. The predicted octanol–water partition coefficient (Wildman–Crippen LogP) is 4.00. The molecule has 0 atom stereocenters. The molecule has 4 nitrogen and oxygen atoms in total. The lowest BCUT2D eigenvalue weighted by Gasteiger charge is -2.30. The van der Waals surface area contributed by atoms with E-state index in [1.165, 1.54) is 23.5 Å². The first kappa shape index (κ1) is 16.3. The minimum atomic E-state index is -0.257. The molecule has 6 heteroatoms. The molecular formula is C19H20FN3OS. The SMILES string of the molecule is CC1CCN(C(=O)Cc2csc3nc(-c4ccc(F)cc4)cn23)CC1. The number of rotatable bonds is 3. The van der Waals surface area contributed by atoms with Crippen LogP contribution in [0.15, 0.2) is 35.8 Å². The second-order valence-electron chi connectivity index (χ2n) is 6.75. The number of hydrogen-bond acceptors (Lipinski definition) is 3. The van der Waals surface area contributed by atoms with Gasteiger partial charge in [-0.15, -0.1) is 11.3 Å². The Balaban J connectivity index is 1.54. The molecule has 3 aromatic rings. The molecule has 25 heavy (non-hydrogen) atoms. The van der Waals surface area contributed by atoms with Gasteiger partial charge in [0.2, 0.25) is 5.91 Å². The number of carbonyl (C=O) groups is 1. The van der Waals surface area contributed by atoms with Gasteiger partial charge in [0.15, 0.2) is 4.96 Å². The maximum atomic E-state index is 13.1. The van der Waals surface area contributed by atoms with E-state index in [1.807, 2.05) is 20.9 Å². The van der Waals surface area contributed by atoms with Crippen LogP contribution in [-0.2, 0) is 11.2 Å². The van der Waals surface area contributed by atoms with Gasteiger partial charge in [0, 0.05) is 35.9 Å². The molecule has 0 saturated carbocycles. The topological polar surface area (TPSA) is 37.6 Å². The molecule has 1 aliphatic rings. The molecule has 0 spiro atoms. The predicted molar refractivity (Wildman–Crippen MR) is 97.1 cm³/mol. The zero-order valence-corrected chi connectivity index (χ0v) is 14.9. The number of fused-ring (bicyclic) bond motifs is 1. The van der Waals surface area contributed by atoms with Crippen molar-refractivity contribution in [2.75, 3.05) is 13.1 Å². The van der Waals surface area contributed by atoms with E-state index in [2.05, 4.69) is 11.9 Å². The number of piperidine rings is 1. The first-order valence-corrected chi connectivity index (χ1v) is 9.47. The number of carbonyl (C=O) groups excluding carboxylic acids is 1. The van der Waals surface area contributed by atoms with Crippen LogP contribution >= 0.6 is 11.3 Å². The van der Waals surface area contributed by atoms with Crippen molar-refractivity contribution < 1.29 is 9.18 Å². The van der Waals surface area contributed by atoms with Crippen LogP contribution in [0.25, 0.3) is 16.2 Å². The highest BCUT2D eigenvalue weighted by Crippen LogP contribution is 2.25. The number of likely N-dealkylation sites (tertiary alicyclic amines) is 1. The van der Waals surface area contributed by atoms with E-state index in [0.717, 1.165) is 47.8 Å². The quantitative estimate of drug-likeness (QED) is 0.710. The number of nitrogens with zero attached hydrogens (tertiary/aromatic N) is 3. The Morgan fingerprint density at radius 3 is 2.72 bits per heavy atom. The number of imidazole rings is 1. The van der Waals surface area contributed by atoms with Crippen LogP contribution in [0.4, 0.5) is 4.39 Å². The Kier molecular flexibility index (Phi) is 4.29. The van der Waals surface area contributed by atoms with Gasteiger partial charge < -0.3 is 4.90 Å². The van der Waals surface area contributed by atoms with Gasteiger partial charge >= 0.3 is 0 Å². The average Bonchev–Trinajstić information content (AvgIpc) is 3.18. The van der Waals surface area contributed by atoms with Gasteiger partial charge in [0.1, 0.15) is 5.82 Å². The summed E-state index contributed by atoms with van der Waals surface area (Å²) in [5, 5.41) is 2.00. The minimum Gasteiger partial charge on any atom is -0.342 e. The maximum Gasteiger partial charge on any atom is 0.228 e. The summed E-state index contributed by atoms with van der Waals surface area (Å²) < 4.78 is 15.1. The number of hydrogen-bond donors (Lipinski definition) is 0. The first-order chi connectivity index (χ1) is 12.1. The number of benzene rings is 1. The van der Waals surface area contributed by atoms with E-state index in [0.29, 0.717) is 12.3 Å². The third-order valence-corrected chi connectivity index (χ3v) is 5.78. The number of aromatic nitrogens is 2. The summed E-state index contributed by atoms with van der Waals surface area (Å²) in [4.78, 5) is 20.0. The highest BCUT2D eigenvalue weighted by Gasteiger charge is 2.21. The lowest BCUT2D eigenvalue weighted by Crippen LogP contribution is -2.38. The summed E-state index contributed by atoms with van der Waals surface area (Å²) in [5.74, 6) is 0.638. The van der Waals surface area contributed by atoms with Gasteiger partial charge in [-0.25, -0.2) is 9.37 Å². The molecule has 1 saturated heterocycles. The Bertz CT molecular complexity index is 891. The summed E-state index contributed by atoms with van der Waals surface area (Å²) in [5.41, 5.74) is 2.64. The van der Waals surface area contributed by atoms with Gasteiger partial charge in [-0.1, -0.05) is 6.92 Å². The fourth-order valence-electron chi connectivity index (χ4n) is 3.24. The van der Waals surface area contributed by atoms with Crippen molar-refractivity contribution in [3.05, 3.63) is 47.4 Å². The normalized spacial score (nSPS) is 15.8. The minimum absolute atomic E-state index is 0.184. The lowest BCUT2D eigenvalue weighted by molar-refractivity contribution is -0.131. The van der Waals surface area contributed by atoms with E-state index < -0.39 is 0 Å². The van der Waals surface area contributed by atoms with Crippen LogP contribution in [0.5, 0.6) is 0 Å². The molecular weight excluding hydrogens is 337 g/mol. The largest absolute Gasteiger partial charge is 0.342 e. The van der Waals surface area contributed by atoms with Crippen molar-refractivity contribution in [1.29, 1.82) is 0 Å². The molecule has 0 aliphatic carbocycles. The molecule has 0 unspecified atom stereocenters. The third-order valence-electron chi connectivity index (χ3n) is 4.89. The Hall–Kier alpha value is -2.21. The smallest absolute Gasteiger partial charge is 0.228 e. The van der Waals surface area contributed by atoms with Gasteiger partial charge in [-0.2, -0.15) is 0 Å². The van der Waals surface area contributed by atoms with E-state index in [9.17, 15) is 9.18 Å². The van der Waals surface area contributed by atoms with Crippen LogP contribution in [0.1, 0.15) is 25.5 Å². The summed E-state index contributed by atoms with van der Waals surface area (Å²) in [6.45, 7) is 3.96. The molecule has 4 rings (SSSR count). The zero-order chi connectivity index (χ0) is 17.4. The number of thiazole rings is 1. The fourth-order valence-corrected chi connectivity index (χ4v) is 4.11. The molecule has 0 N–H and O–H groups in total. The van der Waals surface area contributed by atoms with Crippen LogP contribution in [0.2, 0.25) is 0 Å². The Labute approximate surface area is 149 Å². The van der Waals surface area contributed by atoms with E-state index in [-0.39, 0.29) is 11.7 Å². The summed E-state index contributed by atoms with van der Waals surface area (Å²) in [6, 6.07) is 6.32. The second-order valence-corrected chi connectivity index (χ2v) is 7.59. The molecule has 0 bridgehead atoms. The number of amides is 1. The Morgan fingerprint density at radius 1 is 1.28 bits per heavy atom. The zero-order valence-electron chi connectivity index (χ0n) is 14.1. The van der Waals surface area contributed by atoms with Gasteiger partial charge in [0.25, 0.3) is 0 Å². The average molecular weight is 357 g/mol. The Morgan fingerprint density at radius 2 is 2.00 bits per heavy atom. The van der Waals surface area contributed by atoms with Gasteiger partial charge in [-0.3, -0.25) is 9.20 Å². The van der Waals surface area contributed by atoms with Crippen LogP contribution in [0.3, 0.4) is 0 Å².